The van der Waals surface area contributed by atoms with E-state index < -0.39 is 59.6 Å². The zero-order chi connectivity index (χ0) is 37.7. The van der Waals surface area contributed by atoms with E-state index in [0.717, 1.165) is 0 Å². The third-order valence-corrected chi connectivity index (χ3v) is 9.99. The fourth-order valence-electron chi connectivity index (χ4n) is 5.46. The van der Waals surface area contributed by atoms with Gasteiger partial charge in [-0.15, -0.1) is 0 Å². The fraction of sp³-hybridized carbons (Fsp3) is 0.344. The van der Waals surface area contributed by atoms with E-state index in [1.807, 2.05) is 0 Å². The van der Waals surface area contributed by atoms with Crippen LogP contribution < -0.4 is 18.8 Å². The summed E-state index contributed by atoms with van der Waals surface area (Å²) in [4.78, 5) is 25.9. The summed E-state index contributed by atoms with van der Waals surface area (Å²) in [5, 5.41) is 9.96. The van der Waals surface area contributed by atoms with Crippen LogP contribution in [0.25, 0.3) is 21.8 Å². The van der Waals surface area contributed by atoms with Gasteiger partial charge in [0.15, 0.2) is 6.54 Å². The Hall–Kier alpha value is -4.40. The van der Waals surface area contributed by atoms with Gasteiger partial charge in [-0.25, -0.2) is 9.59 Å². The van der Waals surface area contributed by atoms with Crippen molar-refractivity contribution in [1.29, 1.82) is 0 Å². The van der Waals surface area contributed by atoms with Crippen molar-refractivity contribution >= 4 is 64.1 Å². The van der Waals surface area contributed by atoms with Crippen LogP contribution in [0.1, 0.15) is 51.1 Å². The molecule has 0 fully saturated rings. The molecule has 4 aromatic rings. The Morgan fingerprint density at radius 3 is 1.51 bits per heavy atom. The Balaban J connectivity index is 1.91. The third kappa shape index (κ3) is 11.0. The van der Waals surface area contributed by atoms with Crippen LogP contribution in [-0.4, -0.2) is 86.4 Å². The Morgan fingerprint density at radius 2 is 1.10 bits per heavy atom. The zero-order valence-electron chi connectivity index (χ0n) is 27.4. The van der Waals surface area contributed by atoms with Crippen molar-refractivity contribution in [3.8, 4) is 17.2 Å². The first-order valence-corrected chi connectivity index (χ1v) is 20.2. The summed E-state index contributed by atoms with van der Waals surface area (Å²) in [7, 11) is -12.8. The highest BCUT2D eigenvalue weighted by Gasteiger charge is 2.28. The third-order valence-electron chi connectivity index (χ3n) is 7.58. The molecule has 4 rings (SSSR count). The van der Waals surface area contributed by atoms with Gasteiger partial charge in [0.25, 0.3) is 30.4 Å². The maximum Gasteiger partial charge on any atom is 0.345 e. The molecule has 276 valence electrons. The number of hydrogen-bond acceptors (Lipinski definition) is 11. The molecule has 0 spiro atoms. The number of aromatic nitrogens is 1. The number of carbonyl (C=O) groups excluding carboxylic acids is 1. The summed E-state index contributed by atoms with van der Waals surface area (Å²) >= 11 is 0. The molecular weight excluding hydrogens is 735 g/mol. The SMILES string of the molecule is Cc1cc(C(=O)O)cc(C)c1OC(=O)c1c2cc(OCCCS(=O)(=O)O)ccc2[n+](CCCS(=O)(=O)O)c2ccc(OCCCS(=O)(=O)O)cc12. The van der Waals surface area contributed by atoms with E-state index in [2.05, 4.69) is 0 Å². The number of benzene rings is 3. The van der Waals surface area contributed by atoms with Crippen LogP contribution in [-0.2, 0) is 36.9 Å². The van der Waals surface area contributed by atoms with Crippen LogP contribution in [0.5, 0.6) is 17.2 Å². The first kappa shape index (κ1) is 39.4. The van der Waals surface area contributed by atoms with Gasteiger partial charge in [-0.2, -0.15) is 29.8 Å². The average molecular weight is 771 g/mol. The molecule has 4 N–H and O–H groups in total. The number of carboxylic acid groups (broad SMARTS) is 1. The average Bonchev–Trinajstić information content (AvgIpc) is 3.01. The van der Waals surface area contributed by atoms with Crippen molar-refractivity contribution in [1.82, 2.24) is 0 Å². The Bertz CT molecular complexity index is 2200. The summed E-state index contributed by atoms with van der Waals surface area (Å²) < 4.78 is 114. The first-order chi connectivity index (χ1) is 23.7. The van der Waals surface area contributed by atoms with Gasteiger partial charge in [0.1, 0.15) is 17.2 Å². The smallest absolute Gasteiger partial charge is 0.345 e. The highest BCUT2D eigenvalue weighted by molar-refractivity contribution is 7.86. The lowest BCUT2D eigenvalue weighted by Gasteiger charge is -2.16. The summed E-state index contributed by atoms with van der Waals surface area (Å²) in [5.74, 6) is -3.22. The first-order valence-electron chi connectivity index (χ1n) is 15.3. The van der Waals surface area contributed by atoms with Gasteiger partial charge in [0.2, 0.25) is 11.0 Å². The molecule has 0 amide bonds. The van der Waals surface area contributed by atoms with Gasteiger partial charge in [-0.3, -0.25) is 13.7 Å². The quantitative estimate of drug-likeness (QED) is 0.0300. The number of esters is 1. The van der Waals surface area contributed by atoms with E-state index in [4.69, 9.17) is 23.3 Å². The predicted molar refractivity (Wildman–Crippen MR) is 184 cm³/mol. The zero-order valence-corrected chi connectivity index (χ0v) is 29.9. The van der Waals surface area contributed by atoms with E-state index in [1.54, 1.807) is 42.7 Å². The highest BCUT2D eigenvalue weighted by atomic mass is 32.2. The molecule has 19 heteroatoms. The number of carbonyl (C=O) groups is 2. The maximum atomic E-state index is 14.3. The van der Waals surface area contributed by atoms with Crippen molar-refractivity contribution in [3.05, 3.63) is 70.8 Å². The second-order valence-corrected chi connectivity index (χ2v) is 16.4. The van der Waals surface area contributed by atoms with Gasteiger partial charge in [-0.05, 0) is 74.2 Å². The molecule has 0 unspecified atom stereocenters. The Kier molecular flexibility index (Phi) is 12.3. The molecule has 51 heavy (non-hydrogen) atoms. The van der Waals surface area contributed by atoms with Gasteiger partial charge in [0.05, 0.1) is 52.4 Å². The van der Waals surface area contributed by atoms with E-state index in [-0.39, 0.29) is 78.2 Å². The monoisotopic (exact) mass is 770 g/mol. The number of hydrogen-bond donors (Lipinski definition) is 4. The number of nitrogens with zero attached hydrogens (tertiary/aromatic N) is 1. The molecule has 0 aliphatic heterocycles. The lowest BCUT2D eigenvalue weighted by molar-refractivity contribution is -0.645. The minimum atomic E-state index is -4.32. The van der Waals surface area contributed by atoms with Crippen LogP contribution in [0.15, 0.2) is 48.5 Å². The van der Waals surface area contributed by atoms with Crippen LogP contribution in [0.2, 0.25) is 0 Å². The molecule has 0 atom stereocenters. The molecular formula is C32H36NO15S3+. The van der Waals surface area contributed by atoms with E-state index in [0.29, 0.717) is 22.2 Å². The number of fused-ring (bicyclic) bond motifs is 2. The molecule has 3 aromatic carbocycles. The summed E-state index contributed by atoms with van der Waals surface area (Å²) in [6.07, 6.45) is -0.141. The lowest BCUT2D eigenvalue weighted by atomic mass is 10.0. The van der Waals surface area contributed by atoms with Crippen LogP contribution >= 0.6 is 0 Å². The largest absolute Gasteiger partial charge is 0.494 e. The van der Waals surface area contributed by atoms with Crippen molar-refractivity contribution in [2.24, 2.45) is 0 Å². The fourth-order valence-corrected chi connectivity index (χ4v) is 6.92. The molecule has 0 radical (unpaired) electrons. The number of aryl methyl sites for hydroxylation is 3. The molecule has 0 saturated carbocycles. The molecule has 0 bridgehead atoms. The van der Waals surface area contributed by atoms with Crippen LogP contribution in [0.4, 0.5) is 0 Å². The predicted octanol–water partition coefficient (Wildman–Crippen LogP) is 3.41. The van der Waals surface area contributed by atoms with Gasteiger partial charge >= 0.3 is 11.9 Å². The highest BCUT2D eigenvalue weighted by Crippen LogP contribution is 2.33. The van der Waals surface area contributed by atoms with Crippen molar-refractivity contribution in [3.63, 3.8) is 0 Å². The minimum absolute atomic E-state index is 0.0149. The van der Waals surface area contributed by atoms with Gasteiger partial charge in [0, 0.05) is 18.6 Å². The van der Waals surface area contributed by atoms with E-state index in [1.165, 1.54) is 24.3 Å². The Morgan fingerprint density at radius 1 is 0.667 bits per heavy atom. The van der Waals surface area contributed by atoms with Gasteiger partial charge in [-0.1, -0.05) is 0 Å². The lowest BCUT2D eigenvalue weighted by Crippen LogP contribution is -2.37. The number of rotatable bonds is 17. The van der Waals surface area contributed by atoms with Crippen molar-refractivity contribution in [2.45, 2.75) is 39.7 Å². The second-order valence-electron chi connectivity index (χ2n) is 11.6. The van der Waals surface area contributed by atoms with Crippen molar-refractivity contribution < 1.29 is 72.4 Å². The molecule has 0 aliphatic rings. The minimum Gasteiger partial charge on any atom is -0.494 e. The van der Waals surface area contributed by atoms with E-state index >= 15 is 0 Å². The Labute approximate surface area is 293 Å². The van der Waals surface area contributed by atoms with Gasteiger partial charge < -0.3 is 19.3 Å². The van der Waals surface area contributed by atoms with E-state index in [9.17, 15) is 44.5 Å². The maximum absolute atomic E-state index is 14.3. The second kappa shape index (κ2) is 15.9. The molecule has 0 saturated heterocycles. The molecule has 1 heterocycles. The normalized spacial score (nSPS) is 12.3. The summed E-state index contributed by atoms with van der Waals surface area (Å²) in [6.45, 7) is 2.94. The number of aromatic carboxylic acids is 1. The van der Waals surface area contributed by atoms with Crippen LogP contribution in [0, 0.1) is 13.8 Å². The molecule has 0 aliphatic carbocycles. The summed E-state index contributed by atoms with van der Waals surface area (Å²) in [6, 6.07) is 11.9. The standard InChI is InChI=1S/C32H35NO15S3/c1-20-16-22(31(34)35)17-21(2)30(20)48-32(36)29-25-18-23(46-11-4-14-50(40,41)42)6-8-27(25)33(10-3-13-49(37,38)39)28-9-7-24(19-26(28)29)47-12-5-15-51(43,44)45/h6-9,16-19H,3-5,10-15H2,1-2H3,(H3-,34,35,37,38,39,40,41,42,43,44,45)/p+1. The molecule has 1 aromatic heterocycles. The number of pyridine rings is 1. The summed E-state index contributed by atoms with van der Waals surface area (Å²) in [5.41, 5.74) is 1.50. The van der Waals surface area contributed by atoms with Crippen LogP contribution in [0.3, 0.4) is 0 Å². The number of ether oxygens (including phenoxy) is 3. The topological polar surface area (TPSA) is 249 Å². The van der Waals surface area contributed by atoms with Crippen molar-refractivity contribution in [2.75, 3.05) is 30.5 Å². The number of carboxylic acids is 1. The molecule has 16 nitrogen and oxygen atoms in total.